The van der Waals surface area contributed by atoms with Crippen LogP contribution in [0.3, 0.4) is 0 Å². The summed E-state index contributed by atoms with van der Waals surface area (Å²) >= 11 is 11.9. The van der Waals surface area contributed by atoms with Gasteiger partial charge in [0.25, 0.3) is 0 Å². The van der Waals surface area contributed by atoms with Gasteiger partial charge >= 0.3 is 15.6 Å². The van der Waals surface area contributed by atoms with Crippen LogP contribution in [0, 0.1) is 0 Å². The van der Waals surface area contributed by atoms with Crippen molar-refractivity contribution in [3.8, 4) is 5.75 Å². The number of hydrogen-bond acceptors (Lipinski definition) is 4. The molecule has 0 saturated carbocycles. The first-order valence-electron chi connectivity index (χ1n) is 8.64. The molecule has 1 atom stereocenters. The Morgan fingerprint density at radius 3 is 1.90 bits per heavy atom. The quantitative estimate of drug-likeness (QED) is 0.234. The summed E-state index contributed by atoms with van der Waals surface area (Å²) in [5.74, 6) is -1.70. The number of halogens is 5. The second kappa shape index (κ2) is 8.90. The van der Waals surface area contributed by atoms with E-state index in [2.05, 4.69) is 4.18 Å². The lowest BCUT2D eigenvalue weighted by Crippen LogP contribution is -2.28. The largest absolute Gasteiger partial charge is 0.534 e. The van der Waals surface area contributed by atoms with Gasteiger partial charge in [-0.05, 0) is 47.5 Å². The van der Waals surface area contributed by atoms with Crippen molar-refractivity contribution in [2.45, 2.75) is 11.4 Å². The van der Waals surface area contributed by atoms with Gasteiger partial charge in [0.15, 0.2) is 5.78 Å². The zero-order valence-electron chi connectivity index (χ0n) is 15.4. The highest BCUT2D eigenvalue weighted by Gasteiger charge is 2.48. The summed E-state index contributed by atoms with van der Waals surface area (Å²) in [5.41, 5.74) is -4.25. The van der Waals surface area contributed by atoms with Crippen LogP contribution >= 0.6 is 23.2 Å². The van der Waals surface area contributed by atoms with Crippen LogP contribution in [0.15, 0.2) is 72.8 Å². The Kier molecular flexibility index (Phi) is 6.64. The third-order valence-corrected chi connectivity index (χ3v) is 5.74. The smallest absolute Gasteiger partial charge is 0.376 e. The molecule has 31 heavy (non-hydrogen) atoms. The summed E-state index contributed by atoms with van der Waals surface area (Å²) in [6.45, 7) is 0. The van der Waals surface area contributed by atoms with Gasteiger partial charge in [0.2, 0.25) is 0 Å². The molecule has 0 fully saturated rings. The van der Waals surface area contributed by atoms with Crippen LogP contribution in [0.2, 0.25) is 10.0 Å². The van der Waals surface area contributed by atoms with Gasteiger partial charge in [0, 0.05) is 15.6 Å². The predicted octanol–water partition coefficient (Wildman–Crippen LogP) is 6.24. The molecule has 0 bridgehead atoms. The predicted molar refractivity (Wildman–Crippen MR) is 111 cm³/mol. The summed E-state index contributed by atoms with van der Waals surface area (Å²) in [6.07, 6.45) is 0. The molecule has 0 N–H and O–H groups in total. The lowest BCUT2D eigenvalue weighted by Gasteiger charge is -2.18. The zero-order chi connectivity index (χ0) is 22.8. The van der Waals surface area contributed by atoms with E-state index in [-0.39, 0.29) is 5.78 Å². The van der Waals surface area contributed by atoms with Crippen LogP contribution in [0.1, 0.15) is 27.4 Å². The number of Topliss-reactive ketones (excluding diaryl/α,β-unsaturated/α-hetero) is 1. The molecular weight excluding hydrogens is 476 g/mol. The molecule has 0 saturated heterocycles. The maximum absolute atomic E-state index is 13.3. The molecule has 3 aromatic carbocycles. The van der Waals surface area contributed by atoms with E-state index in [0.717, 1.165) is 12.1 Å². The van der Waals surface area contributed by atoms with Crippen LogP contribution in [0.4, 0.5) is 13.2 Å². The molecule has 3 aromatic rings. The van der Waals surface area contributed by atoms with E-state index in [4.69, 9.17) is 23.2 Å². The van der Waals surface area contributed by atoms with E-state index in [1.807, 2.05) is 0 Å². The fraction of sp³-hybridized carbons (Fsp3) is 0.0952. The lowest BCUT2D eigenvalue weighted by atomic mass is 9.85. The molecule has 0 amide bonds. The Morgan fingerprint density at radius 1 is 0.839 bits per heavy atom. The molecule has 1 unspecified atom stereocenters. The maximum atomic E-state index is 13.3. The number of ketones is 1. The number of carbonyl (C=O) groups is 1. The van der Waals surface area contributed by atoms with Crippen molar-refractivity contribution in [2.24, 2.45) is 0 Å². The minimum atomic E-state index is -5.80. The zero-order valence-corrected chi connectivity index (χ0v) is 17.8. The first-order valence-corrected chi connectivity index (χ1v) is 10.8. The molecule has 0 aliphatic heterocycles. The Bertz CT molecular complexity index is 1190. The van der Waals surface area contributed by atoms with Gasteiger partial charge in [-0.2, -0.15) is 21.6 Å². The minimum Gasteiger partial charge on any atom is -0.376 e. The number of alkyl halides is 3. The highest BCUT2D eigenvalue weighted by Crippen LogP contribution is 2.33. The summed E-state index contributed by atoms with van der Waals surface area (Å²) in [7, 11) is -5.80. The fourth-order valence-corrected chi connectivity index (χ4v) is 3.62. The molecule has 0 aliphatic rings. The van der Waals surface area contributed by atoms with Crippen molar-refractivity contribution < 1.29 is 30.6 Å². The average Bonchev–Trinajstić information content (AvgIpc) is 2.70. The van der Waals surface area contributed by atoms with Gasteiger partial charge in [-0.15, -0.1) is 0 Å². The summed E-state index contributed by atoms with van der Waals surface area (Å²) in [4.78, 5) is 13.3. The Labute approximate surface area is 186 Å². The monoisotopic (exact) mass is 488 g/mol. The van der Waals surface area contributed by atoms with E-state index in [1.54, 1.807) is 42.5 Å². The fourth-order valence-electron chi connectivity index (χ4n) is 2.85. The summed E-state index contributed by atoms with van der Waals surface area (Å²) in [5, 5.41) is 0.820. The SMILES string of the molecule is O=C(c1cccc(Cl)c1)C(c1ccc(Cl)cc1)c1ccc(OS(=O)(=O)C(F)(F)F)cc1. The second-order valence-electron chi connectivity index (χ2n) is 6.41. The third-order valence-electron chi connectivity index (χ3n) is 4.28. The van der Waals surface area contributed by atoms with Gasteiger partial charge < -0.3 is 4.18 Å². The van der Waals surface area contributed by atoms with Crippen LogP contribution < -0.4 is 4.18 Å². The van der Waals surface area contributed by atoms with Crippen LogP contribution in [-0.2, 0) is 10.1 Å². The van der Waals surface area contributed by atoms with E-state index in [1.165, 1.54) is 18.2 Å². The molecule has 0 spiro atoms. The first kappa shape index (κ1) is 23.1. The molecule has 0 aromatic heterocycles. The van der Waals surface area contributed by atoms with Crippen LogP contribution in [0.25, 0.3) is 0 Å². The molecule has 10 heteroatoms. The van der Waals surface area contributed by atoms with Gasteiger partial charge in [0.05, 0.1) is 5.92 Å². The number of carbonyl (C=O) groups excluding carboxylic acids is 1. The summed E-state index contributed by atoms with van der Waals surface area (Å²) in [6, 6.07) is 17.6. The minimum absolute atomic E-state index is 0.318. The van der Waals surface area contributed by atoms with E-state index in [9.17, 15) is 26.4 Å². The average molecular weight is 489 g/mol. The standard InChI is InChI=1S/C21H13Cl2F3O4S/c22-16-8-4-13(5-9-16)19(20(27)15-2-1-3-17(23)12-15)14-6-10-18(11-7-14)30-31(28,29)21(24,25)26/h1-12,19H. The Balaban J connectivity index is 2.00. The van der Waals surface area contributed by atoms with Gasteiger partial charge in [-0.1, -0.05) is 59.6 Å². The molecular formula is C21H13Cl2F3O4S. The van der Waals surface area contributed by atoms with Crippen LogP contribution in [-0.4, -0.2) is 19.7 Å². The molecule has 3 rings (SSSR count). The number of hydrogen-bond donors (Lipinski definition) is 0. The van der Waals surface area contributed by atoms with Gasteiger partial charge in [-0.3, -0.25) is 4.79 Å². The topological polar surface area (TPSA) is 60.4 Å². The van der Waals surface area contributed by atoms with Gasteiger partial charge in [-0.25, -0.2) is 0 Å². The Hall–Kier alpha value is -2.55. The second-order valence-corrected chi connectivity index (χ2v) is 8.82. The van der Waals surface area contributed by atoms with Crippen molar-refractivity contribution >= 4 is 39.1 Å². The number of benzene rings is 3. The van der Waals surface area contributed by atoms with Crippen molar-refractivity contribution in [1.82, 2.24) is 0 Å². The molecule has 0 aliphatic carbocycles. The third kappa shape index (κ3) is 5.39. The van der Waals surface area contributed by atoms with Crippen molar-refractivity contribution in [2.75, 3.05) is 0 Å². The lowest BCUT2D eigenvalue weighted by molar-refractivity contribution is -0.0500. The van der Waals surface area contributed by atoms with Crippen molar-refractivity contribution in [3.05, 3.63) is 99.5 Å². The van der Waals surface area contributed by atoms with E-state index >= 15 is 0 Å². The maximum Gasteiger partial charge on any atom is 0.534 e. The summed E-state index contributed by atoms with van der Waals surface area (Å²) < 4.78 is 64.1. The highest BCUT2D eigenvalue weighted by molar-refractivity contribution is 7.88. The van der Waals surface area contributed by atoms with Crippen molar-refractivity contribution in [1.29, 1.82) is 0 Å². The molecule has 0 radical (unpaired) electrons. The first-order chi connectivity index (χ1) is 14.5. The van der Waals surface area contributed by atoms with Crippen LogP contribution in [0.5, 0.6) is 5.75 Å². The normalized spacial score (nSPS) is 12.9. The van der Waals surface area contributed by atoms with E-state index in [0.29, 0.717) is 26.7 Å². The molecule has 162 valence electrons. The van der Waals surface area contributed by atoms with E-state index < -0.39 is 27.3 Å². The number of rotatable bonds is 6. The molecule has 0 heterocycles. The highest BCUT2D eigenvalue weighted by atomic mass is 35.5. The van der Waals surface area contributed by atoms with Gasteiger partial charge in [0.1, 0.15) is 5.75 Å². The molecule has 4 nitrogen and oxygen atoms in total. The Morgan fingerprint density at radius 2 is 1.39 bits per heavy atom. The van der Waals surface area contributed by atoms with Crippen molar-refractivity contribution in [3.63, 3.8) is 0 Å².